The van der Waals surface area contributed by atoms with Crippen molar-refractivity contribution in [3.8, 4) is 11.5 Å². The highest BCUT2D eigenvalue weighted by molar-refractivity contribution is 6.04. The molecule has 0 radical (unpaired) electrons. The molecule has 2 N–H and O–H groups in total. The fraction of sp³-hybridized carbons (Fsp3) is 0.143. The van der Waals surface area contributed by atoms with Gasteiger partial charge in [-0.25, -0.2) is 4.98 Å². The van der Waals surface area contributed by atoms with Crippen molar-refractivity contribution in [2.75, 3.05) is 24.9 Å². The SMILES string of the molecule is COc1cc(OC)cc(C(=O)Nc2ccc(Nc3ccc(C)cc3)cn2)c1. The number of carbonyl (C=O) groups is 1. The molecule has 0 bridgehead atoms. The average Bonchev–Trinajstić information content (AvgIpc) is 2.70. The molecule has 0 spiro atoms. The lowest BCUT2D eigenvalue weighted by atomic mass is 10.2. The molecule has 1 amide bonds. The molecule has 2 aromatic carbocycles. The minimum Gasteiger partial charge on any atom is -0.497 e. The molecule has 0 aliphatic rings. The summed E-state index contributed by atoms with van der Waals surface area (Å²) in [4.78, 5) is 16.8. The summed E-state index contributed by atoms with van der Waals surface area (Å²) in [5.74, 6) is 1.25. The van der Waals surface area contributed by atoms with E-state index in [-0.39, 0.29) is 5.91 Å². The number of nitrogens with zero attached hydrogens (tertiary/aromatic N) is 1. The molecule has 0 fully saturated rings. The van der Waals surface area contributed by atoms with Gasteiger partial charge in [0.15, 0.2) is 0 Å². The number of rotatable bonds is 6. The number of methoxy groups -OCH3 is 2. The van der Waals surface area contributed by atoms with Crippen LogP contribution in [-0.2, 0) is 0 Å². The molecule has 0 saturated carbocycles. The largest absolute Gasteiger partial charge is 0.497 e. The summed E-state index contributed by atoms with van der Waals surface area (Å²) in [6, 6.07) is 16.7. The number of nitrogens with one attached hydrogen (secondary N) is 2. The van der Waals surface area contributed by atoms with E-state index in [0.717, 1.165) is 11.4 Å². The molecular formula is C21H21N3O3. The molecule has 138 valence electrons. The Morgan fingerprint density at radius 1 is 0.889 bits per heavy atom. The first-order valence-electron chi connectivity index (χ1n) is 8.41. The van der Waals surface area contributed by atoms with Gasteiger partial charge in [-0.1, -0.05) is 17.7 Å². The van der Waals surface area contributed by atoms with Crippen molar-refractivity contribution in [1.29, 1.82) is 0 Å². The molecule has 3 rings (SSSR count). The predicted octanol–water partition coefficient (Wildman–Crippen LogP) is 4.40. The number of aromatic nitrogens is 1. The van der Waals surface area contributed by atoms with Crippen LogP contribution in [0.4, 0.5) is 17.2 Å². The monoisotopic (exact) mass is 363 g/mol. The molecule has 6 heteroatoms. The molecule has 0 aliphatic heterocycles. The summed E-state index contributed by atoms with van der Waals surface area (Å²) in [5, 5.41) is 6.04. The van der Waals surface area contributed by atoms with Gasteiger partial charge in [-0.2, -0.15) is 0 Å². The van der Waals surface area contributed by atoms with Gasteiger partial charge in [-0.05, 0) is 43.3 Å². The number of benzene rings is 2. The van der Waals surface area contributed by atoms with E-state index in [9.17, 15) is 4.79 Å². The number of anilines is 3. The number of pyridine rings is 1. The highest BCUT2D eigenvalue weighted by Gasteiger charge is 2.11. The number of carbonyl (C=O) groups excluding carboxylic acids is 1. The van der Waals surface area contributed by atoms with Crippen molar-refractivity contribution in [1.82, 2.24) is 4.98 Å². The average molecular weight is 363 g/mol. The van der Waals surface area contributed by atoms with Gasteiger partial charge in [0.1, 0.15) is 17.3 Å². The number of aryl methyl sites for hydroxylation is 1. The zero-order chi connectivity index (χ0) is 19.2. The van der Waals surface area contributed by atoms with E-state index < -0.39 is 0 Å². The van der Waals surface area contributed by atoms with Gasteiger partial charge < -0.3 is 20.1 Å². The van der Waals surface area contributed by atoms with Gasteiger partial charge in [0.25, 0.3) is 5.91 Å². The second kappa shape index (κ2) is 8.23. The summed E-state index contributed by atoms with van der Waals surface area (Å²) in [6.07, 6.45) is 1.67. The third-order valence-electron chi connectivity index (χ3n) is 3.96. The van der Waals surface area contributed by atoms with Crippen molar-refractivity contribution in [3.63, 3.8) is 0 Å². The van der Waals surface area contributed by atoms with Crippen LogP contribution in [0.1, 0.15) is 15.9 Å². The summed E-state index contributed by atoms with van der Waals surface area (Å²) in [5.41, 5.74) is 3.43. The topological polar surface area (TPSA) is 72.5 Å². The highest BCUT2D eigenvalue weighted by Crippen LogP contribution is 2.23. The van der Waals surface area contributed by atoms with Crippen LogP contribution in [0.25, 0.3) is 0 Å². The van der Waals surface area contributed by atoms with Crippen molar-refractivity contribution >= 4 is 23.1 Å². The minimum atomic E-state index is -0.293. The molecule has 1 heterocycles. The first kappa shape index (κ1) is 18.3. The fourth-order valence-electron chi connectivity index (χ4n) is 2.47. The van der Waals surface area contributed by atoms with Crippen molar-refractivity contribution in [3.05, 3.63) is 71.9 Å². The lowest BCUT2D eigenvalue weighted by molar-refractivity contribution is 0.102. The molecule has 6 nitrogen and oxygen atoms in total. The second-order valence-corrected chi connectivity index (χ2v) is 5.98. The molecule has 27 heavy (non-hydrogen) atoms. The molecule has 0 unspecified atom stereocenters. The first-order valence-corrected chi connectivity index (χ1v) is 8.41. The van der Waals surface area contributed by atoms with E-state index >= 15 is 0 Å². The maximum Gasteiger partial charge on any atom is 0.257 e. The van der Waals surface area contributed by atoms with Gasteiger partial charge >= 0.3 is 0 Å². The summed E-state index contributed by atoms with van der Waals surface area (Å²) < 4.78 is 10.4. The Kier molecular flexibility index (Phi) is 5.56. The van der Waals surface area contributed by atoms with E-state index in [0.29, 0.717) is 22.9 Å². The van der Waals surface area contributed by atoms with Crippen LogP contribution < -0.4 is 20.1 Å². The van der Waals surface area contributed by atoms with Crippen LogP contribution in [-0.4, -0.2) is 25.1 Å². The van der Waals surface area contributed by atoms with E-state index in [1.54, 1.807) is 30.5 Å². The molecule has 0 atom stereocenters. The Hall–Kier alpha value is -3.54. The fourth-order valence-corrected chi connectivity index (χ4v) is 2.47. The number of hydrogen-bond donors (Lipinski definition) is 2. The molecule has 0 saturated heterocycles. The number of amides is 1. The van der Waals surface area contributed by atoms with E-state index in [2.05, 4.69) is 15.6 Å². The van der Waals surface area contributed by atoms with Crippen molar-refractivity contribution < 1.29 is 14.3 Å². The van der Waals surface area contributed by atoms with Crippen LogP contribution in [0, 0.1) is 6.92 Å². The Morgan fingerprint density at radius 3 is 2.07 bits per heavy atom. The normalized spacial score (nSPS) is 10.2. The van der Waals surface area contributed by atoms with Gasteiger partial charge in [-0.15, -0.1) is 0 Å². The first-order chi connectivity index (χ1) is 13.1. The smallest absolute Gasteiger partial charge is 0.257 e. The maximum absolute atomic E-state index is 12.5. The van der Waals surface area contributed by atoms with E-state index in [1.807, 2.05) is 37.3 Å². The highest BCUT2D eigenvalue weighted by atomic mass is 16.5. The van der Waals surface area contributed by atoms with Crippen LogP contribution in [0.5, 0.6) is 11.5 Å². The third kappa shape index (κ3) is 4.76. The van der Waals surface area contributed by atoms with Crippen molar-refractivity contribution in [2.45, 2.75) is 6.92 Å². The lowest BCUT2D eigenvalue weighted by Crippen LogP contribution is -2.13. The minimum absolute atomic E-state index is 0.293. The third-order valence-corrected chi connectivity index (χ3v) is 3.96. The van der Waals surface area contributed by atoms with Gasteiger partial charge in [0, 0.05) is 17.3 Å². The zero-order valence-corrected chi connectivity index (χ0v) is 15.4. The predicted molar refractivity (Wildman–Crippen MR) is 106 cm³/mol. The Bertz CT molecular complexity index is 900. The quantitative estimate of drug-likeness (QED) is 0.679. The Balaban J connectivity index is 1.69. The van der Waals surface area contributed by atoms with Crippen LogP contribution in [0.15, 0.2) is 60.8 Å². The summed E-state index contributed by atoms with van der Waals surface area (Å²) >= 11 is 0. The Labute approximate surface area is 158 Å². The van der Waals surface area contributed by atoms with E-state index in [1.165, 1.54) is 19.8 Å². The molecular weight excluding hydrogens is 342 g/mol. The number of ether oxygens (including phenoxy) is 2. The molecule has 0 aliphatic carbocycles. The van der Waals surface area contributed by atoms with Gasteiger partial charge in [-0.3, -0.25) is 4.79 Å². The standard InChI is InChI=1S/C21H21N3O3/c1-14-4-6-16(7-5-14)23-17-8-9-20(22-13-17)24-21(25)15-10-18(26-2)12-19(11-15)27-3/h4-13,23H,1-3H3,(H,22,24,25). The molecule has 1 aromatic heterocycles. The summed E-state index contributed by atoms with van der Waals surface area (Å²) in [6.45, 7) is 2.04. The van der Waals surface area contributed by atoms with Gasteiger partial charge in [0.2, 0.25) is 0 Å². The van der Waals surface area contributed by atoms with Crippen LogP contribution in [0.3, 0.4) is 0 Å². The van der Waals surface area contributed by atoms with E-state index in [4.69, 9.17) is 9.47 Å². The van der Waals surface area contributed by atoms with Crippen molar-refractivity contribution in [2.24, 2.45) is 0 Å². The summed E-state index contributed by atoms with van der Waals surface area (Å²) in [7, 11) is 3.08. The maximum atomic E-state index is 12.5. The molecule has 3 aromatic rings. The zero-order valence-electron chi connectivity index (χ0n) is 15.4. The van der Waals surface area contributed by atoms with Crippen LogP contribution in [0.2, 0.25) is 0 Å². The Morgan fingerprint density at radius 2 is 1.52 bits per heavy atom. The lowest BCUT2D eigenvalue weighted by Gasteiger charge is -2.10. The van der Waals surface area contributed by atoms with Gasteiger partial charge in [0.05, 0.1) is 26.1 Å². The number of hydrogen-bond acceptors (Lipinski definition) is 5. The second-order valence-electron chi connectivity index (χ2n) is 5.98. The van der Waals surface area contributed by atoms with Crippen LogP contribution >= 0.6 is 0 Å².